The molecular formula is C64H84N8O6. The Morgan fingerprint density at radius 2 is 0.885 bits per heavy atom. The Hall–Kier alpha value is -6.12. The number of carbonyl (C=O) groups excluding carboxylic acids is 6. The molecule has 6 aliphatic rings. The number of benzene rings is 4. The van der Waals surface area contributed by atoms with Crippen LogP contribution in [0, 0.1) is 11.8 Å². The summed E-state index contributed by atoms with van der Waals surface area (Å²) in [6, 6.07) is 22.6. The Morgan fingerprint density at radius 3 is 1.28 bits per heavy atom. The highest BCUT2D eigenvalue weighted by molar-refractivity contribution is 5.96. The summed E-state index contributed by atoms with van der Waals surface area (Å²) in [6.07, 6.45) is 18.0. The molecule has 0 unspecified atom stereocenters. The fourth-order valence-electron chi connectivity index (χ4n) is 14.1. The quantitative estimate of drug-likeness (QED) is 0.0647. The molecule has 8 atom stereocenters. The summed E-state index contributed by atoms with van der Waals surface area (Å²) < 4.78 is 0. The lowest BCUT2D eigenvalue weighted by molar-refractivity contribution is -0.143. The van der Waals surface area contributed by atoms with Gasteiger partial charge in [0.2, 0.25) is 35.4 Å². The van der Waals surface area contributed by atoms with Crippen LogP contribution in [0.5, 0.6) is 0 Å². The molecule has 4 aromatic rings. The smallest absolute Gasteiger partial charge is 0.246 e. The van der Waals surface area contributed by atoms with Gasteiger partial charge in [0.25, 0.3) is 0 Å². The minimum Gasteiger partial charge on any atom is -0.347 e. The van der Waals surface area contributed by atoms with Crippen LogP contribution in [-0.2, 0) is 41.6 Å². The minimum absolute atomic E-state index is 0.0615. The molecular weight excluding hydrogens is 977 g/mol. The Balaban J connectivity index is 0.822. The predicted octanol–water partition coefficient (Wildman–Crippen LogP) is 8.49. The van der Waals surface area contributed by atoms with Crippen LogP contribution in [0.15, 0.2) is 72.8 Å². The molecule has 2 aliphatic heterocycles. The van der Waals surface area contributed by atoms with Gasteiger partial charge in [-0.15, -0.1) is 0 Å². The number of hydrogen-bond acceptors (Lipinski definition) is 8. The molecule has 6 N–H and O–H groups in total. The zero-order chi connectivity index (χ0) is 54.5. The van der Waals surface area contributed by atoms with E-state index in [1.165, 1.54) is 22.3 Å². The normalized spacial score (nSPS) is 23.3. The molecule has 0 bridgehead atoms. The Kier molecular flexibility index (Phi) is 17.6. The molecule has 0 radical (unpaired) electrons. The monoisotopic (exact) mass is 1060 g/mol. The number of hydrogen-bond donors (Lipinski definition) is 6. The lowest BCUT2D eigenvalue weighted by Gasteiger charge is -2.36. The van der Waals surface area contributed by atoms with Crippen LogP contribution >= 0.6 is 0 Å². The van der Waals surface area contributed by atoms with Crippen molar-refractivity contribution in [3.63, 3.8) is 0 Å². The SMILES string of the molecule is CN[C@@H](C)C(=O)N[C@H](C(=O)N1CCC[C@H]1C(=O)N[C@@H]1CCCc2c(-c3ccc4cc(-c5cccc6c5CCC[C@H]6NC(=O)[C@@H]5CCCN5C(=O)[C@@H](NC(=O)[C@H](C)NC)C5CCCCC5)ccc4c3)cccc21)C1CCCCC1. The van der Waals surface area contributed by atoms with E-state index in [4.69, 9.17) is 0 Å². The molecule has 0 aromatic heterocycles. The molecule has 14 heteroatoms. The van der Waals surface area contributed by atoms with Crippen molar-refractivity contribution in [2.45, 2.75) is 191 Å². The van der Waals surface area contributed by atoms with Crippen LogP contribution in [0.1, 0.15) is 164 Å². The Bertz CT molecular complexity index is 2670. The highest BCUT2D eigenvalue weighted by Crippen LogP contribution is 2.41. The van der Waals surface area contributed by atoms with Crippen molar-refractivity contribution in [1.29, 1.82) is 0 Å². The van der Waals surface area contributed by atoms with Gasteiger partial charge >= 0.3 is 0 Å². The van der Waals surface area contributed by atoms with E-state index in [1.54, 1.807) is 37.7 Å². The van der Waals surface area contributed by atoms with Crippen molar-refractivity contribution in [3.05, 3.63) is 95.1 Å². The summed E-state index contributed by atoms with van der Waals surface area (Å²) in [5, 5.41) is 21.3. The molecule has 78 heavy (non-hydrogen) atoms. The number of nitrogens with zero attached hydrogens (tertiary/aromatic N) is 2. The summed E-state index contributed by atoms with van der Waals surface area (Å²) in [6.45, 7) is 4.61. The summed E-state index contributed by atoms with van der Waals surface area (Å²) in [4.78, 5) is 87.3. The fourth-order valence-corrected chi connectivity index (χ4v) is 14.1. The van der Waals surface area contributed by atoms with E-state index in [0.717, 1.165) is 149 Å². The highest BCUT2D eigenvalue weighted by Gasteiger charge is 2.44. The first-order valence-electron chi connectivity index (χ1n) is 29.9. The standard InChI is InChI=1S/C64H84N8O6/c1-39(65-3)59(73)69-57(41-17-7-5-8-18-41)63(77)71-35-15-29-55(71)61(75)67-53-27-13-23-49-47(21-11-25-51(49)53)45-33-31-44-38-46(34-32-43(44)37-45)48-22-12-26-52-50(48)24-14-28-54(52)68-62(76)56-30-16-36-72(56)64(78)58(42-19-9-6-10-20-42)70-60(74)40(2)66-4/h11-12,21-22,25-26,31-34,37-42,53-58,65-66H,5-10,13-20,23-24,27-30,35-36H2,1-4H3,(H,67,75)(H,68,76)(H,69,73)(H,70,74)/t39-,40-,53+,54+,55-,56-,57-,58-/m0/s1. The highest BCUT2D eigenvalue weighted by atomic mass is 16.2. The average Bonchev–Trinajstić information content (AvgIpc) is 4.31. The van der Waals surface area contributed by atoms with E-state index in [0.29, 0.717) is 25.9 Å². The molecule has 0 spiro atoms. The van der Waals surface area contributed by atoms with E-state index < -0.39 is 36.3 Å². The minimum atomic E-state index is -0.637. The molecule has 4 aliphatic carbocycles. The zero-order valence-electron chi connectivity index (χ0n) is 46.6. The third kappa shape index (κ3) is 11.8. The van der Waals surface area contributed by atoms with Gasteiger partial charge in [0.15, 0.2) is 0 Å². The van der Waals surface area contributed by atoms with Crippen molar-refractivity contribution in [3.8, 4) is 22.3 Å². The van der Waals surface area contributed by atoms with Crippen molar-refractivity contribution in [2.24, 2.45) is 11.8 Å². The molecule has 2 saturated carbocycles. The van der Waals surface area contributed by atoms with Gasteiger partial charge in [0.1, 0.15) is 24.2 Å². The zero-order valence-corrected chi connectivity index (χ0v) is 46.6. The maximum atomic E-state index is 14.4. The molecule has 4 aromatic carbocycles. The van der Waals surface area contributed by atoms with Crippen LogP contribution in [0.2, 0.25) is 0 Å². The van der Waals surface area contributed by atoms with Crippen LogP contribution < -0.4 is 31.9 Å². The van der Waals surface area contributed by atoms with E-state index >= 15 is 0 Å². The second-order valence-electron chi connectivity index (χ2n) is 23.6. The number of amides is 6. The molecule has 10 rings (SSSR count). The van der Waals surface area contributed by atoms with Crippen molar-refractivity contribution < 1.29 is 28.8 Å². The summed E-state index contributed by atoms with van der Waals surface area (Å²) in [5.74, 6) is -0.752. The van der Waals surface area contributed by atoms with Crippen molar-refractivity contribution in [1.82, 2.24) is 41.7 Å². The number of likely N-dealkylation sites (tertiary alicyclic amines) is 2. The largest absolute Gasteiger partial charge is 0.347 e. The van der Waals surface area contributed by atoms with E-state index in [2.05, 4.69) is 105 Å². The van der Waals surface area contributed by atoms with Crippen molar-refractivity contribution >= 4 is 46.2 Å². The first kappa shape index (κ1) is 55.2. The molecule has 14 nitrogen and oxygen atoms in total. The first-order valence-corrected chi connectivity index (χ1v) is 29.9. The van der Waals surface area contributed by atoms with Gasteiger partial charge in [0.05, 0.1) is 24.2 Å². The molecule has 416 valence electrons. The van der Waals surface area contributed by atoms with E-state index in [1.807, 2.05) is 0 Å². The first-order chi connectivity index (χ1) is 37.9. The van der Waals surface area contributed by atoms with Gasteiger partial charge in [-0.25, -0.2) is 0 Å². The number of likely N-dealkylation sites (N-methyl/N-ethyl adjacent to an activating group) is 2. The summed E-state index contributed by atoms with van der Waals surface area (Å²) in [7, 11) is 3.49. The second kappa shape index (κ2) is 24.9. The number of nitrogens with one attached hydrogen (secondary N) is 6. The number of fused-ring (bicyclic) bond motifs is 3. The summed E-state index contributed by atoms with van der Waals surface area (Å²) in [5.41, 5.74) is 9.36. The van der Waals surface area contributed by atoms with Gasteiger partial charge < -0.3 is 41.7 Å². The maximum absolute atomic E-state index is 14.4. The van der Waals surface area contributed by atoms with E-state index in [-0.39, 0.29) is 59.4 Å². The predicted molar refractivity (Wildman–Crippen MR) is 306 cm³/mol. The number of carbonyl (C=O) groups is 6. The van der Waals surface area contributed by atoms with Crippen LogP contribution in [-0.4, -0.2) is 109 Å². The molecule has 2 heterocycles. The Labute approximate surface area is 461 Å². The van der Waals surface area contributed by atoms with Gasteiger partial charge in [-0.3, -0.25) is 28.8 Å². The molecule has 6 amide bonds. The molecule has 4 fully saturated rings. The topological polar surface area (TPSA) is 181 Å². The van der Waals surface area contributed by atoms with Crippen LogP contribution in [0.3, 0.4) is 0 Å². The van der Waals surface area contributed by atoms with Gasteiger partial charge in [0, 0.05) is 13.1 Å². The third-order valence-electron chi connectivity index (χ3n) is 18.8. The number of rotatable bonds is 16. The average molecular weight is 1060 g/mol. The van der Waals surface area contributed by atoms with Crippen LogP contribution in [0.25, 0.3) is 33.0 Å². The summed E-state index contributed by atoms with van der Waals surface area (Å²) >= 11 is 0. The van der Waals surface area contributed by atoms with Gasteiger partial charge in [-0.2, -0.15) is 0 Å². The Morgan fingerprint density at radius 1 is 0.474 bits per heavy atom. The fraction of sp³-hybridized carbons (Fsp3) is 0.562. The second-order valence-corrected chi connectivity index (χ2v) is 23.6. The lowest BCUT2D eigenvalue weighted by atomic mass is 9.82. The van der Waals surface area contributed by atoms with Gasteiger partial charge in [-0.05, 0) is 197 Å². The van der Waals surface area contributed by atoms with Crippen molar-refractivity contribution in [2.75, 3.05) is 27.2 Å². The van der Waals surface area contributed by atoms with E-state index in [9.17, 15) is 28.8 Å². The molecule has 2 saturated heterocycles. The lowest BCUT2D eigenvalue weighted by Crippen LogP contribution is -2.58. The van der Waals surface area contributed by atoms with Gasteiger partial charge in [-0.1, -0.05) is 99.2 Å². The maximum Gasteiger partial charge on any atom is 0.246 e. The van der Waals surface area contributed by atoms with Crippen LogP contribution in [0.4, 0.5) is 0 Å². The third-order valence-corrected chi connectivity index (χ3v) is 18.8.